The minimum atomic E-state index is -1.12. The molecule has 1 spiro atoms. The summed E-state index contributed by atoms with van der Waals surface area (Å²) in [6.45, 7) is 6.06. The van der Waals surface area contributed by atoms with Gasteiger partial charge in [-0.05, 0) is 82.6 Å². The molecule has 0 bridgehead atoms. The molecule has 54 heavy (non-hydrogen) atoms. The van der Waals surface area contributed by atoms with Crippen LogP contribution in [-0.2, 0) is 18.4 Å². The molecule has 7 aromatic carbocycles. The number of hydrogen-bond acceptors (Lipinski definition) is 6. The maximum atomic E-state index is 13.0. The first-order valence-corrected chi connectivity index (χ1v) is 18.7. The minimum Gasteiger partial charge on any atom is -0.459 e. The third kappa shape index (κ3) is 4.14. The van der Waals surface area contributed by atoms with Crippen LogP contribution in [0.3, 0.4) is 0 Å². The van der Waals surface area contributed by atoms with E-state index in [1.807, 2.05) is 30.5 Å². The lowest BCUT2D eigenvalue weighted by Crippen LogP contribution is -2.61. The van der Waals surface area contributed by atoms with E-state index in [2.05, 4.69) is 133 Å². The van der Waals surface area contributed by atoms with Crippen LogP contribution in [0.25, 0.3) is 32.7 Å². The molecular formula is C48H37N3O3. The van der Waals surface area contributed by atoms with E-state index in [1.165, 1.54) is 22.4 Å². The molecule has 6 nitrogen and oxygen atoms in total. The first-order valence-electron chi connectivity index (χ1n) is 18.7. The number of aliphatic hydroxyl groups excluding tert-OH is 1. The standard InChI is InChI=1S/C48H37N3O3/c1-47(2)38-16-7-9-18-40(38)51(27-29-11-4-3-5-12-29)48(47)28-49-44-34-20-19-31(32-21-22-36-43-33(32)14-10-15-35(43)45(52)46(36)53)25-37(34)41(26-42(44)54-48)50-24-23-30-13-6-8-17-39(30)50/h3-22,25-26,28,46,53H,23-24,27H2,1-2H3. The normalized spacial score (nSPS) is 20.1. The number of para-hydroxylation sites is 2. The first-order chi connectivity index (χ1) is 26.3. The van der Waals surface area contributed by atoms with Crippen molar-refractivity contribution in [2.24, 2.45) is 4.99 Å². The number of Topliss-reactive ketones (excluding diaryl/α,β-unsaturated/α-hetero) is 1. The van der Waals surface area contributed by atoms with Crippen molar-refractivity contribution in [3.05, 3.63) is 161 Å². The largest absolute Gasteiger partial charge is 0.459 e. The Kier molecular flexibility index (Phi) is 6.46. The van der Waals surface area contributed by atoms with Crippen molar-refractivity contribution >= 4 is 56.3 Å². The molecule has 6 heteroatoms. The molecule has 0 saturated heterocycles. The predicted molar refractivity (Wildman–Crippen MR) is 217 cm³/mol. The molecule has 3 aliphatic heterocycles. The number of ether oxygens (including phenoxy) is 1. The average molecular weight is 704 g/mol. The second-order valence-corrected chi connectivity index (χ2v) is 15.5. The second-order valence-electron chi connectivity index (χ2n) is 15.5. The lowest BCUT2D eigenvalue weighted by atomic mass is 9.77. The molecule has 262 valence electrons. The van der Waals surface area contributed by atoms with Crippen LogP contribution in [0.5, 0.6) is 5.75 Å². The van der Waals surface area contributed by atoms with Crippen molar-refractivity contribution in [3.8, 4) is 16.9 Å². The molecule has 1 N–H and O–H groups in total. The van der Waals surface area contributed by atoms with Gasteiger partial charge in [0.2, 0.25) is 5.72 Å². The van der Waals surface area contributed by atoms with Gasteiger partial charge in [-0.25, -0.2) is 0 Å². The smallest absolute Gasteiger partial charge is 0.229 e. The Balaban J connectivity index is 1.12. The van der Waals surface area contributed by atoms with Crippen molar-refractivity contribution in [3.63, 3.8) is 0 Å². The summed E-state index contributed by atoms with van der Waals surface area (Å²) in [5, 5.41) is 14.7. The van der Waals surface area contributed by atoms with E-state index in [0.29, 0.717) is 17.7 Å². The summed E-state index contributed by atoms with van der Waals surface area (Å²) in [5.41, 5.74) is 10.0. The summed E-state index contributed by atoms with van der Waals surface area (Å²) < 4.78 is 7.48. The van der Waals surface area contributed by atoms with Gasteiger partial charge in [-0.3, -0.25) is 9.79 Å². The number of benzene rings is 7. The molecule has 0 saturated carbocycles. The summed E-state index contributed by atoms with van der Waals surface area (Å²) in [6.07, 6.45) is 1.88. The molecule has 0 fully saturated rings. The van der Waals surface area contributed by atoms with Gasteiger partial charge in [-0.2, -0.15) is 0 Å². The van der Waals surface area contributed by atoms with Gasteiger partial charge in [0.05, 0.1) is 17.3 Å². The highest BCUT2D eigenvalue weighted by atomic mass is 16.5. The van der Waals surface area contributed by atoms with E-state index in [1.54, 1.807) is 0 Å². The zero-order valence-electron chi connectivity index (χ0n) is 30.1. The van der Waals surface area contributed by atoms with Crippen molar-refractivity contribution in [1.29, 1.82) is 0 Å². The number of carbonyl (C=O) groups is 1. The van der Waals surface area contributed by atoms with Gasteiger partial charge < -0.3 is 19.6 Å². The van der Waals surface area contributed by atoms with E-state index in [9.17, 15) is 9.90 Å². The number of nitrogens with zero attached hydrogens (tertiary/aromatic N) is 3. The van der Waals surface area contributed by atoms with Crippen molar-refractivity contribution < 1.29 is 14.6 Å². The maximum absolute atomic E-state index is 13.0. The molecule has 4 aliphatic rings. The van der Waals surface area contributed by atoms with E-state index < -0.39 is 17.2 Å². The average Bonchev–Trinajstić information content (AvgIpc) is 3.80. The highest BCUT2D eigenvalue weighted by molar-refractivity contribution is 6.20. The van der Waals surface area contributed by atoms with Gasteiger partial charge in [-0.1, -0.05) is 109 Å². The number of aliphatic imine (C=N–C) groups is 1. The topological polar surface area (TPSA) is 65.4 Å². The van der Waals surface area contributed by atoms with Crippen LogP contribution < -0.4 is 14.5 Å². The van der Waals surface area contributed by atoms with Crippen LogP contribution in [-0.4, -0.2) is 29.4 Å². The van der Waals surface area contributed by atoms with Crippen LogP contribution in [0.15, 0.2) is 138 Å². The summed E-state index contributed by atoms with van der Waals surface area (Å²) >= 11 is 0. The van der Waals surface area contributed by atoms with E-state index in [-0.39, 0.29) is 5.78 Å². The zero-order valence-corrected chi connectivity index (χ0v) is 30.1. The molecular weight excluding hydrogens is 667 g/mol. The molecule has 7 aromatic rings. The van der Waals surface area contributed by atoms with Crippen LogP contribution >= 0.6 is 0 Å². The van der Waals surface area contributed by atoms with Gasteiger partial charge in [0.1, 0.15) is 11.8 Å². The molecule has 2 unspecified atom stereocenters. The molecule has 2 atom stereocenters. The van der Waals surface area contributed by atoms with Crippen LogP contribution in [0, 0.1) is 0 Å². The number of anilines is 3. The number of carbonyl (C=O) groups excluding carboxylic acids is 1. The zero-order chi connectivity index (χ0) is 36.3. The number of rotatable bonds is 4. The fourth-order valence-electron chi connectivity index (χ4n) is 9.64. The predicted octanol–water partition coefficient (Wildman–Crippen LogP) is 10.4. The third-order valence-electron chi connectivity index (χ3n) is 12.4. The fourth-order valence-corrected chi connectivity index (χ4v) is 9.64. The van der Waals surface area contributed by atoms with Crippen molar-refractivity contribution in [2.45, 2.75) is 44.1 Å². The van der Waals surface area contributed by atoms with Gasteiger partial charge >= 0.3 is 0 Å². The van der Waals surface area contributed by atoms with Crippen LogP contribution in [0.2, 0.25) is 0 Å². The highest BCUT2D eigenvalue weighted by Crippen LogP contribution is 2.57. The lowest BCUT2D eigenvalue weighted by molar-refractivity contribution is 0.0764. The Morgan fingerprint density at radius 1 is 0.759 bits per heavy atom. The first kappa shape index (κ1) is 31.3. The van der Waals surface area contributed by atoms with Gasteiger partial charge in [0.25, 0.3) is 0 Å². The van der Waals surface area contributed by atoms with Crippen LogP contribution in [0.4, 0.5) is 22.7 Å². The molecule has 0 amide bonds. The molecule has 11 rings (SSSR count). The Hall–Kier alpha value is -6.24. The molecule has 1 aliphatic carbocycles. The summed E-state index contributed by atoms with van der Waals surface area (Å²) in [7, 11) is 0. The van der Waals surface area contributed by atoms with Crippen LogP contribution in [0.1, 0.15) is 52.6 Å². The summed E-state index contributed by atoms with van der Waals surface area (Å²) in [4.78, 5) is 23.1. The Bertz CT molecular complexity index is 2770. The van der Waals surface area contributed by atoms with Gasteiger partial charge in [0.15, 0.2) is 11.5 Å². The van der Waals surface area contributed by atoms with Crippen molar-refractivity contribution in [2.75, 3.05) is 16.3 Å². The fraction of sp³-hybridized carbons (Fsp3) is 0.167. The highest BCUT2D eigenvalue weighted by Gasteiger charge is 2.59. The SMILES string of the molecule is CC1(C)c2ccccc2N(Cc2ccccc2)C12C=Nc1c(cc(N3CCc4ccccc43)c3cc(-c4ccc5c6c(cccc46)C(=O)C5O)ccc13)O2. The Morgan fingerprint density at radius 3 is 2.43 bits per heavy atom. The summed E-state index contributed by atoms with van der Waals surface area (Å²) in [6, 6.07) is 46.4. The quantitative estimate of drug-likeness (QED) is 0.198. The van der Waals surface area contributed by atoms with Gasteiger partial charge in [0, 0.05) is 46.9 Å². The molecule has 3 heterocycles. The third-order valence-corrected chi connectivity index (χ3v) is 12.4. The van der Waals surface area contributed by atoms with Gasteiger partial charge in [-0.15, -0.1) is 0 Å². The number of fused-ring (bicyclic) bond motifs is 5. The molecule has 0 aromatic heterocycles. The Labute approximate surface area is 313 Å². The maximum Gasteiger partial charge on any atom is 0.229 e. The lowest BCUT2D eigenvalue weighted by Gasteiger charge is -2.46. The van der Waals surface area contributed by atoms with E-state index in [4.69, 9.17) is 9.73 Å². The monoisotopic (exact) mass is 703 g/mol. The second kappa shape index (κ2) is 11.1. The summed E-state index contributed by atoms with van der Waals surface area (Å²) in [5.74, 6) is 0.522. The van der Waals surface area contributed by atoms with E-state index >= 15 is 0 Å². The molecule has 0 radical (unpaired) electrons. The number of ketones is 1. The van der Waals surface area contributed by atoms with Crippen molar-refractivity contribution in [1.82, 2.24) is 0 Å². The minimum absolute atomic E-state index is 0.237. The Morgan fingerprint density at radius 2 is 1.56 bits per heavy atom. The number of hydrogen-bond donors (Lipinski definition) is 1. The van der Waals surface area contributed by atoms with E-state index in [0.717, 1.165) is 68.4 Å². The number of aliphatic hydroxyl groups is 1.